The zero-order valence-corrected chi connectivity index (χ0v) is 16.3. The summed E-state index contributed by atoms with van der Waals surface area (Å²) in [6.07, 6.45) is 8.56. The third-order valence-electron chi connectivity index (χ3n) is 5.73. The van der Waals surface area contributed by atoms with Crippen molar-refractivity contribution in [2.45, 2.75) is 51.0 Å². The van der Waals surface area contributed by atoms with Gasteiger partial charge in [0, 0.05) is 35.9 Å². The minimum Gasteiger partial charge on any atom is -0.490 e. The first-order valence-electron chi connectivity index (χ1n) is 10.1. The zero-order chi connectivity index (χ0) is 19.8. The molecule has 1 fully saturated rings. The Labute approximate surface area is 169 Å². The highest BCUT2D eigenvalue weighted by Crippen LogP contribution is 2.43. The third-order valence-corrected chi connectivity index (χ3v) is 5.73. The van der Waals surface area contributed by atoms with Gasteiger partial charge in [0.25, 0.3) is 5.95 Å². The van der Waals surface area contributed by atoms with Gasteiger partial charge in [-0.3, -0.25) is 4.79 Å². The molecule has 1 saturated carbocycles. The Morgan fingerprint density at radius 3 is 2.66 bits per heavy atom. The van der Waals surface area contributed by atoms with Gasteiger partial charge in [-0.2, -0.15) is 9.78 Å². The van der Waals surface area contributed by atoms with Gasteiger partial charge in [-0.25, -0.2) is 9.97 Å². The fraction of sp³-hybridized carbons (Fsp3) is 0.364. The summed E-state index contributed by atoms with van der Waals surface area (Å²) in [5.74, 6) is 1.79. The average molecular weight is 389 g/mol. The molecule has 1 aliphatic carbocycles. The van der Waals surface area contributed by atoms with Crippen LogP contribution in [0.15, 0.2) is 42.7 Å². The lowest BCUT2D eigenvalue weighted by molar-refractivity contribution is -0.116. The maximum Gasteiger partial charge on any atom is 0.252 e. The quantitative estimate of drug-likeness (QED) is 0.735. The fourth-order valence-electron chi connectivity index (χ4n) is 4.42. The van der Waals surface area contributed by atoms with Crippen LogP contribution in [0.3, 0.4) is 0 Å². The SMILES string of the molecule is Cc1nn(-c2ncccn2)c2c1[C@H](c1ccccc1OC1CCCC1)CC(=O)N2. The molecule has 0 bridgehead atoms. The Balaban J connectivity index is 1.59. The van der Waals surface area contributed by atoms with Crippen molar-refractivity contribution in [1.29, 1.82) is 0 Å². The van der Waals surface area contributed by atoms with Crippen LogP contribution in [0.25, 0.3) is 5.95 Å². The first kappa shape index (κ1) is 17.8. The van der Waals surface area contributed by atoms with Crippen LogP contribution in [0.4, 0.5) is 5.82 Å². The predicted molar refractivity (Wildman–Crippen MR) is 108 cm³/mol. The molecule has 0 spiro atoms. The Kier molecular flexibility index (Phi) is 4.50. The van der Waals surface area contributed by atoms with E-state index in [4.69, 9.17) is 4.74 Å². The second-order valence-corrected chi connectivity index (χ2v) is 7.68. The Bertz CT molecular complexity index is 1040. The van der Waals surface area contributed by atoms with Crippen LogP contribution in [0, 0.1) is 6.92 Å². The molecular formula is C22H23N5O2. The molecule has 7 heteroatoms. The molecule has 0 radical (unpaired) electrons. The average Bonchev–Trinajstić information content (AvgIpc) is 3.36. The molecule has 1 atom stereocenters. The highest BCUT2D eigenvalue weighted by molar-refractivity contribution is 5.95. The van der Waals surface area contributed by atoms with Gasteiger partial charge in [-0.05, 0) is 44.7 Å². The summed E-state index contributed by atoms with van der Waals surface area (Å²) in [7, 11) is 0. The van der Waals surface area contributed by atoms with Crippen LogP contribution in [-0.2, 0) is 4.79 Å². The standard InChI is InChI=1S/C22H23N5O2/c1-14-20-17(16-9-4-5-10-18(16)29-15-7-2-3-8-15)13-19(28)25-21(20)27(26-14)22-23-11-6-12-24-22/h4-6,9-12,15,17H,2-3,7-8,13H2,1H3,(H,25,28)/t17-/m0/s1. The third kappa shape index (κ3) is 3.26. The Morgan fingerprint density at radius 1 is 1.10 bits per heavy atom. The number of hydrogen-bond donors (Lipinski definition) is 1. The van der Waals surface area contributed by atoms with Crippen molar-refractivity contribution in [3.63, 3.8) is 0 Å². The Hall–Kier alpha value is -3.22. The summed E-state index contributed by atoms with van der Waals surface area (Å²) >= 11 is 0. The van der Waals surface area contributed by atoms with E-state index < -0.39 is 0 Å². The first-order valence-corrected chi connectivity index (χ1v) is 10.1. The minimum absolute atomic E-state index is 0.0461. The van der Waals surface area contributed by atoms with Gasteiger partial charge >= 0.3 is 0 Å². The van der Waals surface area contributed by atoms with Crippen molar-refractivity contribution < 1.29 is 9.53 Å². The van der Waals surface area contributed by atoms with Crippen LogP contribution < -0.4 is 10.1 Å². The highest BCUT2D eigenvalue weighted by atomic mass is 16.5. The van der Waals surface area contributed by atoms with E-state index in [-0.39, 0.29) is 17.9 Å². The van der Waals surface area contributed by atoms with E-state index in [0.717, 1.165) is 35.4 Å². The molecule has 148 valence electrons. The van der Waals surface area contributed by atoms with E-state index in [9.17, 15) is 4.79 Å². The van der Waals surface area contributed by atoms with Gasteiger partial charge in [0.1, 0.15) is 11.6 Å². The monoisotopic (exact) mass is 389 g/mol. The smallest absolute Gasteiger partial charge is 0.252 e. The topological polar surface area (TPSA) is 81.9 Å². The van der Waals surface area contributed by atoms with Crippen molar-refractivity contribution in [3.8, 4) is 11.7 Å². The number of aromatic nitrogens is 4. The number of para-hydroxylation sites is 1. The number of carbonyl (C=O) groups excluding carboxylic acids is 1. The number of nitrogens with zero attached hydrogens (tertiary/aromatic N) is 4. The lowest BCUT2D eigenvalue weighted by atomic mass is 9.85. The minimum atomic E-state index is -0.117. The number of rotatable bonds is 4. The molecule has 3 aromatic rings. The van der Waals surface area contributed by atoms with Gasteiger partial charge in [-0.15, -0.1) is 0 Å². The second kappa shape index (κ2) is 7.31. The van der Waals surface area contributed by atoms with Gasteiger partial charge in [-0.1, -0.05) is 18.2 Å². The summed E-state index contributed by atoms with van der Waals surface area (Å²) in [4.78, 5) is 21.2. The van der Waals surface area contributed by atoms with E-state index in [1.807, 2.05) is 25.1 Å². The van der Waals surface area contributed by atoms with Crippen LogP contribution in [-0.4, -0.2) is 31.8 Å². The van der Waals surface area contributed by atoms with Gasteiger partial charge in [0.2, 0.25) is 5.91 Å². The molecule has 2 aromatic heterocycles. The van der Waals surface area contributed by atoms with Crippen LogP contribution >= 0.6 is 0 Å². The highest BCUT2D eigenvalue weighted by Gasteiger charge is 2.35. The van der Waals surface area contributed by atoms with Gasteiger partial charge in [0.05, 0.1) is 11.8 Å². The summed E-state index contributed by atoms with van der Waals surface area (Å²) < 4.78 is 7.98. The zero-order valence-electron chi connectivity index (χ0n) is 16.3. The molecule has 3 heterocycles. The number of fused-ring (bicyclic) bond motifs is 1. The molecule has 1 N–H and O–H groups in total. The molecule has 5 rings (SSSR count). The summed E-state index contributed by atoms with van der Waals surface area (Å²) in [6.45, 7) is 1.96. The number of carbonyl (C=O) groups is 1. The number of anilines is 1. The number of nitrogens with one attached hydrogen (secondary N) is 1. The van der Waals surface area contributed by atoms with E-state index in [1.165, 1.54) is 12.8 Å². The molecular weight excluding hydrogens is 366 g/mol. The molecule has 1 aliphatic heterocycles. The molecule has 0 saturated heterocycles. The van der Waals surface area contributed by atoms with E-state index in [0.29, 0.717) is 18.2 Å². The maximum absolute atomic E-state index is 12.6. The number of benzene rings is 1. The van der Waals surface area contributed by atoms with E-state index in [1.54, 1.807) is 23.1 Å². The number of aryl methyl sites for hydroxylation is 1. The van der Waals surface area contributed by atoms with E-state index >= 15 is 0 Å². The summed E-state index contributed by atoms with van der Waals surface area (Å²) in [5.41, 5.74) is 2.89. The predicted octanol–water partition coefficient (Wildman–Crippen LogP) is 3.77. The van der Waals surface area contributed by atoms with Crippen LogP contribution in [0.5, 0.6) is 5.75 Å². The van der Waals surface area contributed by atoms with E-state index in [2.05, 4.69) is 26.4 Å². The summed E-state index contributed by atoms with van der Waals surface area (Å²) in [5, 5.41) is 7.62. The molecule has 2 aliphatic rings. The van der Waals surface area contributed by atoms with Crippen molar-refractivity contribution >= 4 is 11.7 Å². The van der Waals surface area contributed by atoms with Crippen molar-refractivity contribution in [2.24, 2.45) is 0 Å². The second-order valence-electron chi connectivity index (χ2n) is 7.68. The van der Waals surface area contributed by atoms with Crippen molar-refractivity contribution in [1.82, 2.24) is 19.7 Å². The fourth-order valence-corrected chi connectivity index (χ4v) is 4.42. The van der Waals surface area contributed by atoms with Crippen LogP contribution in [0.1, 0.15) is 54.8 Å². The lowest BCUT2D eigenvalue weighted by Gasteiger charge is -2.26. The number of hydrogen-bond acceptors (Lipinski definition) is 5. The molecule has 7 nitrogen and oxygen atoms in total. The molecule has 1 amide bonds. The normalized spacial score (nSPS) is 19.1. The first-order chi connectivity index (χ1) is 14.2. The Morgan fingerprint density at radius 2 is 1.86 bits per heavy atom. The van der Waals surface area contributed by atoms with Gasteiger partial charge in [0.15, 0.2) is 0 Å². The summed E-state index contributed by atoms with van der Waals surface area (Å²) in [6, 6.07) is 9.83. The number of amides is 1. The molecule has 0 unspecified atom stereocenters. The maximum atomic E-state index is 12.6. The van der Waals surface area contributed by atoms with Crippen molar-refractivity contribution in [3.05, 3.63) is 59.5 Å². The number of ether oxygens (including phenoxy) is 1. The largest absolute Gasteiger partial charge is 0.490 e. The molecule has 1 aromatic carbocycles. The van der Waals surface area contributed by atoms with Crippen molar-refractivity contribution in [2.75, 3.05) is 5.32 Å². The lowest BCUT2D eigenvalue weighted by Crippen LogP contribution is -2.25. The van der Waals surface area contributed by atoms with Crippen LogP contribution in [0.2, 0.25) is 0 Å². The molecule has 29 heavy (non-hydrogen) atoms. The van der Waals surface area contributed by atoms with Gasteiger partial charge < -0.3 is 10.1 Å².